The van der Waals surface area contributed by atoms with E-state index in [2.05, 4.69) is 5.32 Å². The molecule has 2 N–H and O–H groups in total. The lowest BCUT2D eigenvalue weighted by molar-refractivity contribution is 0.442. The van der Waals surface area contributed by atoms with E-state index >= 15 is 0 Å². The van der Waals surface area contributed by atoms with E-state index in [1.807, 2.05) is 19.1 Å². The lowest BCUT2D eigenvalue weighted by atomic mass is 10.0. The first-order valence-corrected chi connectivity index (χ1v) is 7.06. The molecule has 0 fully saturated rings. The third-order valence-corrected chi connectivity index (χ3v) is 3.45. The van der Waals surface area contributed by atoms with E-state index in [1.54, 1.807) is 12.1 Å². The Morgan fingerprint density at radius 2 is 1.76 bits per heavy atom. The quantitative estimate of drug-likeness (QED) is 0.844. The minimum Gasteiger partial charge on any atom is -0.508 e. The molecule has 0 amide bonds. The van der Waals surface area contributed by atoms with E-state index < -0.39 is 11.6 Å². The van der Waals surface area contributed by atoms with Gasteiger partial charge in [-0.15, -0.1) is 0 Å². The highest BCUT2D eigenvalue weighted by Crippen LogP contribution is 2.25. The van der Waals surface area contributed by atoms with Gasteiger partial charge >= 0.3 is 0 Å². The molecule has 1 unspecified atom stereocenters. The van der Waals surface area contributed by atoms with E-state index in [0.717, 1.165) is 18.1 Å². The summed E-state index contributed by atoms with van der Waals surface area (Å²) in [5, 5.41) is 13.2. The molecule has 4 heteroatoms. The van der Waals surface area contributed by atoms with E-state index in [4.69, 9.17) is 0 Å². The van der Waals surface area contributed by atoms with E-state index in [1.165, 1.54) is 12.1 Å². The van der Waals surface area contributed by atoms with Crippen LogP contribution >= 0.6 is 0 Å². The topological polar surface area (TPSA) is 32.3 Å². The average molecular weight is 291 g/mol. The molecular weight excluding hydrogens is 272 g/mol. The highest BCUT2D eigenvalue weighted by molar-refractivity contribution is 5.34. The van der Waals surface area contributed by atoms with E-state index in [-0.39, 0.29) is 11.8 Å². The van der Waals surface area contributed by atoms with Gasteiger partial charge in [0.25, 0.3) is 0 Å². The van der Waals surface area contributed by atoms with Crippen molar-refractivity contribution in [1.29, 1.82) is 0 Å². The molecule has 0 aliphatic rings. The molecule has 2 aromatic rings. The fourth-order valence-electron chi connectivity index (χ4n) is 2.40. The maximum atomic E-state index is 13.1. The maximum absolute atomic E-state index is 13.1. The number of benzene rings is 2. The van der Waals surface area contributed by atoms with Crippen LogP contribution in [0.25, 0.3) is 0 Å². The van der Waals surface area contributed by atoms with Crippen LogP contribution in [-0.4, -0.2) is 11.7 Å². The second kappa shape index (κ2) is 7.18. The van der Waals surface area contributed by atoms with Gasteiger partial charge in [-0.2, -0.15) is 0 Å². The standard InChI is InChI=1S/C17H19F2NO/c1-2-16(15-5-3-4-6-17(15)21)20-8-7-12-9-13(18)11-14(19)10-12/h3-6,9-11,16,20-21H,2,7-8H2,1H3. The molecule has 21 heavy (non-hydrogen) atoms. The third-order valence-electron chi connectivity index (χ3n) is 3.45. The minimum absolute atomic E-state index is 0.0182. The lowest BCUT2D eigenvalue weighted by Gasteiger charge is -2.18. The van der Waals surface area contributed by atoms with E-state index in [9.17, 15) is 13.9 Å². The van der Waals surface area contributed by atoms with Crippen LogP contribution in [0, 0.1) is 11.6 Å². The van der Waals surface area contributed by atoms with Gasteiger partial charge in [0.15, 0.2) is 0 Å². The average Bonchev–Trinajstić information content (AvgIpc) is 2.44. The Bertz CT molecular complexity index is 581. The monoisotopic (exact) mass is 291 g/mol. The molecule has 0 radical (unpaired) electrons. The Hall–Kier alpha value is -1.94. The van der Waals surface area contributed by atoms with Crippen LogP contribution in [0.3, 0.4) is 0 Å². The van der Waals surface area contributed by atoms with Crippen LogP contribution in [0.15, 0.2) is 42.5 Å². The molecule has 0 bridgehead atoms. The first-order chi connectivity index (χ1) is 10.1. The molecule has 2 aromatic carbocycles. The summed E-state index contributed by atoms with van der Waals surface area (Å²) in [6.07, 6.45) is 1.34. The molecule has 0 aliphatic heterocycles. The predicted octanol–water partition coefficient (Wildman–Crippen LogP) is 3.95. The number of phenols is 1. The molecule has 0 aliphatic carbocycles. The number of rotatable bonds is 6. The van der Waals surface area contributed by atoms with Gasteiger partial charge < -0.3 is 10.4 Å². The molecular formula is C17H19F2NO. The van der Waals surface area contributed by atoms with Crippen molar-refractivity contribution in [3.63, 3.8) is 0 Å². The molecule has 2 rings (SSSR count). The number of hydrogen-bond acceptors (Lipinski definition) is 2. The van der Waals surface area contributed by atoms with Gasteiger partial charge in [-0.25, -0.2) is 8.78 Å². The zero-order chi connectivity index (χ0) is 15.2. The zero-order valence-electron chi connectivity index (χ0n) is 11.9. The Balaban J connectivity index is 1.96. The summed E-state index contributed by atoms with van der Waals surface area (Å²) in [4.78, 5) is 0. The minimum atomic E-state index is -0.558. The lowest BCUT2D eigenvalue weighted by Crippen LogP contribution is -2.23. The van der Waals surface area contributed by atoms with Crippen molar-refractivity contribution >= 4 is 0 Å². The molecule has 0 spiro atoms. The van der Waals surface area contributed by atoms with E-state index in [0.29, 0.717) is 18.5 Å². The second-order valence-corrected chi connectivity index (χ2v) is 5.00. The van der Waals surface area contributed by atoms with Gasteiger partial charge in [0.05, 0.1) is 0 Å². The van der Waals surface area contributed by atoms with Crippen molar-refractivity contribution in [3.8, 4) is 5.75 Å². The first kappa shape index (κ1) is 15.4. The Morgan fingerprint density at radius 1 is 1.10 bits per heavy atom. The summed E-state index contributed by atoms with van der Waals surface area (Å²) in [6.45, 7) is 2.60. The largest absolute Gasteiger partial charge is 0.508 e. The van der Waals surface area contributed by atoms with Gasteiger partial charge in [-0.1, -0.05) is 25.1 Å². The summed E-state index contributed by atoms with van der Waals surface area (Å²) < 4.78 is 26.2. The molecule has 1 atom stereocenters. The molecule has 0 saturated heterocycles. The van der Waals surface area contributed by atoms with Crippen molar-refractivity contribution in [1.82, 2.24) is 5.32 Å². The molecule has 0 aromatic heterocycles. The number of halogens is 2. The molecule has 0 saturated carbocycles. The fraction of sp³-hybridized carbons (Fsp3) is 0.294. The Morgan fingerprint density at radius 3 is 2.38 bits per heavy atom. The molecule has 2 nitrogen and oxygen atoms in total. The predicted molar refractivity (Wildman–Crippen MR) is 79.2 cm³/mol. The highest BCUT2D eigenvalue weighted by Gasteiger charge is 2.12. The first-order valence-electron chi connectivity index (χ1n) is 7.06. The van der Waals surface area contributed by atoms with Crippen LogP contribution in [0.4, 0.5) is 8.78 Å². The van der Waals surface area contributed by atoms with Gasteiger partial charge in [0.1, 0.15) is 17.4 Å². The van der Waals surface area contributed by atoms with Gasteiger partial charge in [-0.05, 0) is 43.1 Å². The zero-order valence-corrected chi connectivity index (χ0v) is 11.9. The smallest absolute Gasteiger partial charge is 0.126 e. The number of para-hydroxylation sites is 1. The van der Waals surface area contributed by atoms with Gasteiger partial charge in [-0.3, -0.25) is 0 Å². The third kappa shape index (κ3) is 4.26. The van der Waals surface area contributed by atoms with Crippen molar-refractivity contribution in [3.05, 3.63) is 65.2 Å². The molecule has 112 valence electrons. The fourth-order valence-corrected chi connectivity index (χ4v) is 2.40. The summed E-state index contributed by atoms with van der Waals surface area (Å²) in [7, 11) is 0. The molecule has 0 heterocycles. The highest BCUT2D eigenvalue weighted by atomic mass is 19.1. The van der Waals surface area contributed by atoms with Crippen molar-refractivity contribution in [2.24, 2.45) is 0 Å². The van der Waals surface area contributed by atoms with Gasteiger partial charge in [0.2, 0.25) is 0 Å². The van der Waals surface area contributed by atoms with Crippen molar-refractivity contribution < 1.29 is 13.9 Å². The van der Waals surface area contributed by atoms with Crippen LogP contribution in [0.5, 0.6) is 5.75 Å². The van der Waals surface area contributed by atoms with Crippen LogP contribution in [0.1, 0.15) is 30.5 Å². The number of nitrogens with one attached hydrogen (secondary N) is 1. The summed E-state index contributed by atoms with van der Waals surface area (Å²) >= 11 is 0. The summed E-state index contributed by atoms with van der Waals surface area (Å²) in [5.41, 5.74) is 1.46. The Labute approximate surface area is 123 Å². The number of hydrogen-bond donors (Lipinski definition) is 2. The Kier molecular flexibility index (Phi) is 5.28. The van der Waals surface area contributed by atoms with Crippen LogP contribution in [-0.2, 0) is 6.42 Å². The van der Waals surface area contributed by atoms with Crippen LogP contribution in [0.2, 0.25) is 0 Å². The van der Waals surface area contributed by atoms with Crippen molar-refractivity contribution in [2.45, 2.75) is 25.8 Å². The number of phenolic OH excluding ortho intramolecular Hbond substituents is 1. The normalized spacial score (nSPS) is 12.3. The van der Waals surface area contributed by atoms with Gasteiger partial charge in [0, 0.05) is 17.7 Å². The SMILES string of the molecule is CCC(NCCc1cc(F)cc(F)c1)c1ccccc1O. The van der Waals surface area contributed by atoms with Crippen molar-refractivity contribution in [2.75, 3.05) is 6.54 Å². The van der Waals surface area contributed by atoms with Crippen LogP contribution < -0.4 is 5.32 Å². The second-order valence-electron chi connectivity index (χ2n) is 5.00. The maximum Gasteiger partial charge on any atom is 0.126 e. The summed E-state index contributed by atoms with van der Waals surface area (Å²) in [6, 6.07) is 10.7. The summed E-state index contributed by atoms with van der Waals surface area (Å²) in [5.74, 6) is -0.857. The number of aromatic hydroxyl groups is 1.